The molecular formula is C29H38FN3O3. The van der Waals surface area contributed by atoms with E-state index in [1.165, 1.54) is 24.0 Å². The zero-order chi connectivity index (χ0) is 25.9. The van der Waals surface area contributed by atoms with Crippen LogP contribution in [0.1, 0.15) is 72.1 Å². The van der Waals surface area contributed by atoms with Gasteiger partial charge in [-0.1, -0.05) is 56.1 Å². The van der Waals surface area contributed by atoms with Crippen LogP contribution >= 0.6 is 0 Å². The summed E-state index contributed by atoms with van der Waals surface area (Å²) in [6, 6.07) is 4.36. The molecule has 2 aliphatic carbocycles. The number of nitrogens with zero attached hydrogens (tertiary/aromatic N) is 2. The standard InChI is InChI=1S/C29H38FN3O3/c1-20-11-7-8-17-29(20,3)26(27(35)31-23-13-5-4-6-14-23)33(24-15-9-12-22(30)19-24)28(36)25-16-10-18-32(25)21(2)34/h7-9,11-12,15,19,23,25-26H,4-6,10,13-14,16-18H2,1-3H3,(H,31,35). The molecule has 1 N–H and O–H groups in total. The Hall–Kier alpha value is -2.96. The van der Waals surface area contributed by atoms with Gasteiger partial charge in [0.05, 0.1) is 0 Å². The van der Waals surface area contributed by atoms with Crippen LogP contribution in [0.4, 0.5) is 10.1 Å². The fourth-order valence-corrected chi connectivity index (χ4v) is 6.01. The largest absolute Gasteiger partial charge is 0.352 e. The second kappa shape index (κ2) is 11.0. The molecule has 3 atom stereocenters. The van der Waals surface area contributed by atoms with E-state index in [2.05, 4.69) is 5.32 Å². The third-order valence-electron chi connectivity index (χ3n) is 8.25. The maximum absolute atomic E-state index is 14.5. The van der Waals surface area contributed by atoms with Crippen molar-refractivity contribution in [2.45, 2.75) is 90.3 Å². The summed E-state index contributed by atoms with van der Waals surface area (Å²) in [5, 5.41) is 3.25. The minimum atomic E-state index is -0.899. The second-order valence-corrected chi connectivity index (χ2v) is 10.7. The van der Waals surface area contributed by atoms with Crippen LogP contribution in [0.15, 0.2) is 48.1 Å². The van der Waals surface area contributed by atoms with E-state index < -0.39 is 23.3 Å². The van der Waals surface area contributed by atoms with Gasteiger partial charge in [0.25, 0.3) is 5.91 Å². The van der Waals surface area contributed by atoms with Gasteiger partial charge in [0.1, 0.15) is 17.9 Å². The summed E-state index contributed by atoms with van der Waals surface area (Å²) in [6.45, 7) is 5.95. The lowest BCUT2D eigenvalue weighted by Crippen LogP contribution is -2.62. The lowest BCUT2D eigenvalue weighted by molar-refractivity contribution is -0.137. The van der Waals surface area contributed by atoms with E-state index in [4.69, 9.17) is 0 Å². The number of benzene rings is 1. The molecule has 0 aromatic heterocycles. The van der Waals surface area contributed by atoms with Crippen LogP contribution in [-0.2, 0) is 14.4 Å². The molecule has 4 rings (SSSR count). The summed E-state index contributed by atoms with van der Waals surface area (Å²) in [5.74, 6) is -1.21. The molecule has 2 fully saturated rings. The molecule has 1 saturated heterocycles. The summed E-state index contributed by atoms with van der Waals surface area (Å²) >= 11 is 0. The van der Waals surface area contributed by atoms with E-state index in [1.54, 1.807) is 17.0 Å². The van der Waals surface area contributed by atoms with Gasteiger partial charge in [0.15, 0.2) is 0 Å². The Labute approximate surface area is 213 Å². The Morgan fingerprint density at radius 3 is 2.56 bits per heavy atom. The molecule has 1 aromatic rings. The molecule has 0 radical (unpaired) electrons. The number of hydrogen-bond acceptors (Lipinski definition) is 3. The highest BCUT2D eigenvalue weighted by atomic mass is 19.1. The zero-order valence-electron chi connectivity index (χ0n) is 21.6. The Kier molecular flexibility index (Phi) is 7.96. The number of nitrogens with one attached hydrogen (secondary N) is 1. The number of hydrogen-bond donors (Lipinski definition) is 1. The number of carbonyl (C=O) groups is 3. The fraction of sp³-hybridized carbons (Fsp3) is 0.552. The average Bonchev–Trinajstić information content (AvgIpc) is 3.35. The number of rotatable bonds is 6. The van der Waals surface area contributed by atoms with Crippen molar-refractivity contribution in [2.24, 2.45) is 5.41 Å². The van der Waals surface area contributed by atoms with E-state index in [-0.39, 0.29) is 23.8 Å². The molecule has 0 spiro atoms. The van der Waals surface area contributed by atoms with E-state index in [1.807, 2.05) is 32.1 Å². The molecule has 1 saturated carbocycles. The summed E-state index contributed by atoms with van der Waals surface area (Å²) in [6.07, 6.45) is 12.9. The average molecular weight is 496 g/mol. The van der Waals surface area contributed by atoms with Gasteiger partial charge < -0.3 is 10.2 Å². The highest BCUT2D eigenvalue weighted by molar-refractivity contribution is 6.05. The van der Waals surface area contributed by atoms with Crippen molar-refractivity contribution in [3.63, 3.8) is 0 Å². The smallest absolute Gasteiger partial charge is 0.250 e. The van der Waals surface area contributed by atoms with Crippen molar-refractivity contribution in [3.8, 4) is 0 Å². The first-order chi connectivity index (χ1) is 17.2. The lowest BCUT2D eigenvalue weighted by Gasteiger charge is -2.46. The fourth-order valence-electron chi connectivity index (χ4n) is 6.01. The number of carbonyl (C=O) groups excluding carboxylic acids is 3. The highest BCUT2D eigenvalue weighted by Gasteiger charge is 2.49. The Bertz CT molecular complexity index is 1060. The number of likely N-dealkylation sites (tertiary alicyclic amines) is 1. The van der Waals surface area contributed by atoms with Gasteiger partial charge in [0.2, 0.25) is 11.8 Å². The van der Waals surface area contributed by atoms with Gasteiger partial charge in [-0.25, -0.2) is 4.39 Å². The molecule has 3 aliphatic rings. The number of amides is 3. The van der Waals surface area contributed by atoms with Crippen LogP contribution in [0.3, 0.4) is 0 Å². The summed E-state index contributed by atoms with van der Waals surface area (Å²) in [4.78, 5) is 43.9. The molecular weight excluding hydrogens is 457 g/mol. The van der Waals surface area contributed by atoms with Crippen LogP contribution in [0.5, 0.6) is 0 Å². The number of anilines is 1. The van der Waals surface area contributed by atoms with Gasteiger partial charge in [0, 0.05) is 30.6 Å². The maximum atomic E-state index is 14.5. The topological polar surface area (TPSA) is 69.7 Å². The Morgan fingerprint density at radius 2 is 1.89 bits per heavy atom. The third-order valence-corrected chi connectivity index (χ3v) is 8.25. The number of allylic oxidation sites excluding steroid dienone is 3. The second-order valence-electron chi connectivity index (χ2n) is 10.7. The van der Waals surface area contributed by atoms with Crippen molar-refractivity contribution >= 4 is 23.4 Å². The number of halogens is 1. The Morgan fingerprint density at radius 1 is 1.14 bits per heavy atom. The SMILES string of the molecule is CC(=O)N1CCCC1C(=O)N(c1cccc(F)c1)C(C(=O)NC1CCCCC1)C1(C)CC=CC=C1C. The minimum absolute atomic E-state index is 0.0606. The molecule has 3 unspecified atom stereocenters. The molecule has 6 nitrogen and oxygen atoms in total. The molecule has 0 bridgehead atoms. The molecule has 1 aromatic carbocycles. The van der Waals surface area contributed by atoms with Gasteiger partial charge in [-0.2, -0.15) is 0 Å². The molecule has 1 aliphatic heterocycles. The third kappa shape index (κ3) is 5.25. The predicted octanol–water partition coefficient (Wildman–Crippen LogP) is 4.90. The van der Waals surface area contributed by atoms with Crippen LogP contribution in [0.25, 0.3) is 0 Å². The van der Waals surface area contributed by atoms with E-state index in [9.17, 15) is 18.8 Å². The van der Waals surface area contributed by atoms with Gasteiger partial charge in [-0.15, -0.1) is 0 Å². The van der Waals surface area contributed by atoms with Crippen LogP contribution in [-0.4, -0.2) is 47.3 Å². The van der Waals surface area contributed by atoms with E-state index in [0.29, 0.717) is 31.5 Å². The van der Waals surface area contributed by atoms with Crippen molar-refractivity contribution in [3.05, 3.63) is 53.9 Å². The quantitative estimate of drug-likeness (QED) is 0.610. The zero-order valence-corrected chi connectivity index (χ0v) is 21.6. The molecule has 36 heavy (non-hydrogen) atoms. The molecule has 194 valence electrons. The summed E-state index contributed by atoms with van der Waals surface area (Å²) < 4.78 is 14.5. The van der Waals surface area contributed by atoms with E-state index >= 15 is 0 Å². The summed E-state index contributed by atoms with van der Waals surface area (Å²) in [7, 11) is 0. The summed E-state index contributed by atoms with van der Waals surface area (Å²) in [5.41, 5.74) is 0.621. The van der Waals surface area contributed by atoms with Crippen molar-refractivity contribution in [1.29, 1.82) is 0 Å². The first-order valence-corrected chi connectivity index (χ1v) is 13.2. The highest BCUT2D eigenvalue weighted by Crippen LogP contribution is 2.42. The maximum Gasteiger partial charge on any atom is 0.250 e. The van der Waals surface area contributed by atoms with Crippen molar-refractivity contribution in [2.75, 3.05) is 11.4 Å². The lowest BCUT2D eigenvalue weighted by atomic mass is 9.70. The van der Waals surface area contributed by atoms with Crippen molar-refractivity contribution < 1.29 is 18.8 Å². The van der Waals surface area contributed by atoms with Gasteiger partial charge in [-0.3, -0.25) is 19.3 Å². The Balaban J connectivity index is 1.81. The molecule has 3 amide bonds. The van der Waals surface area contributed by atoms with Crippen LogP contribution in [0, 0.1) is 11.2 Å². The monoisotopic (exact) mass is 495 g/mol. The van der Waals surface area contributed by atoms with Crippen molar-refractivity contribution in [1.82, 2.24) is 10.2 Å². The predicted molar refractivity (Wildman–Crippen MR) is 139 cm³/mol. The van der Waals surface area contributed by atoms with Crippen LogP contribution < -0.4 is 10.2 Å². The van der Waals surface area contributed by atoms with Crippen LogP contribution in [0.2, 0.25) is 0 Å². The molecule has 1 heterocycles. The van der Waals surface area contributed by atoms with Gasteiger partial charge in [-0.05, 0) is 57.2 Å². The molecule has 7 heteroatoms. The normalized spacial score (nSPS) is 25.3. The first-order valence-electron chi connectivity index (χ1n) is 13.2. The minimum Gasteiger partial charge on any atom is -0.352 e. The van der Waals surface area contributed by atoms with Gasteiger partial charge >= 0.3 is 0 Å². The van der Waals surface area contributed by atoms with E-state index in [0.717, 1.165) is 37.7 Å². The first kappa shape index (κ1) is 26.1.